The Morgan fingerprint density at radius 1 is 0.868 bits per heavy atom. The van der Waals surface area contributed by atoms with Crippen molar-refractivity contribution in [2.45, 2.75) is 24.2 Å². The SMILES string of the molecule is COc1ccc([C@@]23C(=O)N(Nc4ccc(Cl)cc4Cl)C(=O)[C@@H]2C[C@@H]2C(=CC[C@@H]4C(=O)N(c5ccc(I)cc5)C(=O)[C@@H]42)[C@@H]3c2cccc(OC)c2O)cc1. The molecular formula is C40H32Cl2IN3O7. The number of phenolic OH excluding ortho intramolecular Hbond substituents is 1. The average molecular weight is 865 g/mol. The zero-order chi connectivity index (χ0) is 37.3. The number of hydrazine groups is 1. The molecule has 4 aromatic rings. The van der Waals surface area contributed by atoms with Crippen LogP contribution in [0, 0.1) is 27.2 Å². The maximum Gasteiger partial charge on any atom is 0.260 e. The number of aromatic hydroxyl groups is 1. The van der Waals surface area contributed by atoms with Crippen molar-refractivity contribution in [2.24, 2.45) is 23.7 Å². The Labute approximate surface area is 328 Å². The van der Waals surface area contributed by atoms with Crippen molar-refractivity contribution in [3.05, 3.63) is 121 Å². The molecule has 270 valence electrons. The maximum atomic E-state index is 15.4. The number of ether oxygens (including phenoxy) is 2. The van der Waals surface area contributed by atoms with Crippen LogP contribution in [0.3, 0.4) is 0 Å². The number of halogens is 3. The van der Waals surface area contributed by atoms with Gasteiger partial charge < -0.3 is 14.6 Å². The zero-order valence-electron chi connectivity index (χ0n) is 28.4. The third-order valence-electron chi connectivity index (χ3n) is 11.2. The molecule has 0 spiro atoms. The van der Waals surface area contributed by atoms with Gasteiger partial charge in [0.2, 0.25) is 11.8 Å². The molecular weight excluding hydrogens is 832 g/mol. The molecule has 2 N–H and O–H groups in total. The predicted octanol–water partition coefficient (Wildman–Crippen LogP) is 7.51. The van der Waals surface area contributed by atoms with Gasteiger partial charge in [0.1, 0.15) is 5.75 Å². The minimum absolute atomic E-state index is 0.0803. The second kappa shape index (κ2) is 13.4. The molecule has 4 aliphatic rings. The molecule has 8 rings (SSSR count). The number of carbonyl (C=O) groups is 4. The van der Waals surface area contributed by atoms with Crippen LogP contribution in [-0.4, -0.2) is 48.0 Å². The van der Waals surface area contributed by atoms with E-state index in [2.05, 4.69) is 28.0 Å². The van der Waals surface area contributed by atoms with E-state index < -0.39 is 46.8 Å². The van der Waals surface area contributed by atoms with Gasteiger partial charge in [-0.05, 0) is 108 Å². The first-order chi connectivity index (χ1) is 25.5. The fourth-order valence-electron chi connectivity index (χ4n) is 8.97. The molecule has 10 nitrogen and oxygen atoms in total. The van der Waals surface area contributed by atoms with Gasteiger partial charge >= 0.3 is 0 Å². The molecule has 1 saturated carbocycles. The monoisotopic (exact) mass is 863 g/mol. The van der Waals surface area contributed by atoms with Crippen LogP contribution in [0.1, 0.15) is 29.9 Å². The van der Waals surface area contributed by atoms with Gasteiger partial charge in [0.15, 0.2) is 11.5 Å². The van der Waals surface area contributed by atoms with E-state index in [1.165, 1.54) is 25.2 Å². The van der Waals surface area contributed by atoms with Crippen molar-refractivity contribution in [1.29, 1.82) is 0 Å². The predicted molar refractivity (Wildman–Crippen MR) is 207 cm³/mol. The number of phenols is 1. The Morgan fingerprint density at radius 3 is 2.28 bits per heavy atom. The van der Waals surface area contributed by atoms with E-state index >= 15 is 4.79 Å². The van der Waals surface area contributed by atoms with Crippen molar-refractivity contribution in [3.8, 4) is 17.2 Å². The minimum atomic E-state index is -1.63. The highest BCUT2D eigenvalue weighted by atomic mass is 127. The van der Waals surface area contributed by atoms with E-state index in [-0.39, 0.29) is 46.9 Å². The molecule has 13 heteroatoms. The van der Waals surface area contributed by atoms with Crippen LogP contribution in [0.15, 0.2) is 96.6 Å². The number of hydrogen-bond donors (Lipinski definition) is 2. The number of rotatable bonds is 7. The molecule has 4 amide bonds. The topological polar surface area (TPSA) is 125 Å². The second-order valence-electron chi connectivity index (χ2n) is 13.6. The van der Waals surface area contributed by atoms with Crippen molar-refractivity contribution < 1.29 is 33.8 Å². The first-order valence-electron chi connectivity index (χ1n) is 16.9. The number of nitrogens with zero attached hydrogens (tertiary/aromatic N) is 2. The molecule has 6 atom stereocenters. The molecule has 3 fully saturated rings. The van der Waals surface area contributed by atoms with Gasteiger partial charge in [-0.25, -0.2) is 0 Å². The molecule has 2 heterocycles. The Morgan fingerprint density at radius 2 is 1.60 bits per heavy atom. The number of methoxy groups -OCH3 is 2. The highest BCUT2D eigenvalue weighted by Gasteiger charge is 2.70. The van der Waals surface area contributed by atoms with E-state index in [0.29, 0.717) is 33.2 Å². The van der Waals surface area contributed by atoms with Crippen molar-refractivity contribution >= 4 is 80.8 Å². The fraction of sp³-hybridized carbons (Fsp3) is 0.250. The Bertz CT molecular complexity index is 2230. The number of allylic oxidation sites excluding steroid dienone is 2. The molecule has 0 aromatic heterocycles. The lowest BCUT2D eigenvalue weighted by atomic mass is 9.49. The Hall–Kier alpha value is -4.59. The molecule has 0 unspecified atom stereocenters. The van der Waals surface area contributed by atoms with E-state index in [0.717, 1.165) is 8.58 Å². The zero-order valence-corrected chi connectivity index (χ0v) is 32.1. The summed E-state index contributed by atoms with van der Waals surface area (Å²) in [7, 11) is 2.97. The lowest BCUT2D eigenvalue weighted by molar-refractivity contribution is -0.138. The average Bonchev–Trinajstić information content (AvgIpc) is 3.54. The summed E-state index contributed by atoms with van der Waals surface area (Å²) in [4.78, 5) is 60.2. The standard InChI is InChI=1S/C40H32Cl2IN3O7/c1-52-24-13-6-20(7-14-24)40-29(37(49)46(39(40)51)44-31-17-8-21(41)18-30(31)42)19-28-25(34(40)27-4-3-5-32(53-2)35(27)47)15-16-26-33(28)38(50)45(36(26)48)23-11-9-22(43)10-12-23/h3-15,17-18,26,28-29,33-34,44,47H,16,19H2,1-2H3/t26-,28+,29-,33-,34+,40+/m0/s1. The summed E-state index contributed by atoms with van der Waals surface area (Å²) >= 11 is 14.9. The van der Waals surface area contributed by atoms with E-state index in [9.17, 15) is 19.5 Å². The quantitative estimate of drug-likeness (QED) is 0.111. The summed E-state index contributed by atoms with van der Waals surface area (Å²) < 4.78 is 12.0. The number of hydrogen-bond acceptors (Lipinski definition) is 8. The highest BCUT2D eigenvalue weighted by Crippen LogP contribution is 2.65. The van der Waals surface area contributed by atoms with Crippen LogP contribution in [-0.2, 0) is 24.6 Å². The number of nitrogens with one attached hydrogen (secondary N) is 1. The highest BCUT2D eigenvalue weighted by molar-refractivity contribution is 14.1. The first-order valence-corrected chi connectivity index (χ1v) is 18.8. The Balaban J connectivity index is 1.35. The fourth-order valence-corrected chi connectivity index (χ4v) is 9.78. The third kappa shape index (κ3) is 5.33. The van der Waals surface area contributed by atoms with Crippen LogP contribution < -0.4 is 19.8 Å². The molecule has 0 radical (unpaired) electrons. The number of anilines is 2. The number of imide groups is 2. The van der Waals surface area contributed by atoms with Gasteiger partial charge in [0.25, 0.3) is 11.8 Å². The van der Waals surface area contributed by atoms with Gasteiger partial charge in [0.05, 0.1) is 53.8 Å². The number of fused-ring (bicyclic) bond motifs is 4. The summed E-state index contributed by atoms with van der Waals surface area (Å²) in [6.45, 7) is 0. The van der Waals surface area contributed by atoms with Crippen LogP contribution in [0.4, 0.5) is 11.4 Å². The summed E-state index contributed by atoms with van der Waals surface area (Å²) in [6.07, 6.45) is 2.25. The van der Waals surface area contributed by atoms with Crippen molar-refractivity contribution in [3.63, 3.8) is 0 Å². The lowest BCUT2D eigenvalue weighted by Crippen LogP contribution is -2.53. The van der Waals surface area contributed by atoms with Crippen LogP contribution in [0.25, 0.3) is 0 Å². The number of para-hydroxylation sites is 1. The van der Waals surface area contributed by atoms with Crippen molar-refractivity contribution in [1.82, 2.24) is 5.01 Å². The third-order valence-corrected chi connectivity index (χ3v) is 12.5. The van der Waals surface area contributed by atoms with E-state index in [1.807, 2.05) is 18.2 Å². The molecule has 53 heavy (non-hydrogen) atoms. The summed E-state index contributed by atoms with van der Waals surface area (Å²) in [6, 6.07) is 23.9. The number of amides is 4. The van der Waals surface area contributed by atoms with Gasteiger partial charge in [0, 0.05) is 20.1 Å². The number of carbonyl (C=O) groups excluding carboxylic acids is 4. The molecule has 0 bridgehead atoms. The van der Waals surface area contributed by atoms with Gasteiger partial charge in [-0.3, -0.25) is 29.5 Å². The van der Waals surface area contributed by atoms with Gasteiger partial charge in [-0.2, -0.15) is 5.01 Å². The molecule has 2 saturated heterocycles. The first kappa shape index (κ1) is 35.4. The second-order valence-corrected chi connectivity index (χ2v) is 15.7. The van der Waals surface area contributed by atoms with Crippen LogP contribution in [0.5, 0.6) is 17.2 Å². The van der Waals surface area contributed by atoms with Crippen molar-refractivity contribution in [2.75, 3.05) is 24.5 Å². The lowest BCUT2D eigenvalue weighted by Gasteiger charge is -2.50. The molecule has 4 aromatic carbocycles. The molecule has 2 aliphatic heterocycles. The largest absolute Gasteiger partial charge is 0.504 e. The van der Waals surface area contributed by atoms with E-state index in [4.69, 9.17) is 32.7 Å². The number of benzene rings is 4. The smallest absolute Gasteiger partial charge is 0.260 e. The van der Waals surface area contributed by atoms with E-state index in [1.54, 1.807) is 66.7 Å². The summed E-state index contributed by atoms with van der Waals surface area (Å²) in [5, 5.41) is 13.4. The normalized spacial score (nSPS) is 26.2. The van der Waals surface area contributed by atoms with Crippen LogP contribution in [0.2, 0.25) is 10.0 Å². The Kier molecular flexibility index (Phi) is 8.94. The van der Waals surface area contributed by atoms with Gasteiger partial charge in [-0.15, -0.1) is 0 Å². The summed E-state index contributed by atoms with van der Waals surface area (Å²) in [5.74, 6) is -5.37. The molecule has 2 aliphatic carbocycles. The van der Waals surface area contributed by atoms with Gasteiger partial charge in [-0.1, -0.05) is 59.1 Å². The summed E-state index contributed by atoms with van der Waals surface area (Å²) in [5.41, 5.74) is 3.66. The maximum absolute atomic E-state index is 15.4. The van der Waals surface area contributed by atoms with Crippen LogP contribution >= 0.6 is 45.8 Å². The minimum Gasteiger partial charge on any atom is -0.504 e.